The van der Waals surface area contributed by atoms with Gasteiger partial charge in [0.15, 0.2) is 0 Å². The van der Waals surface area contributed by atoms with Gasteiger partial charge >= 0.3 is 18.2 Å². The van der Waals surface area contributed by atoms with Gasteiger partial charge in [0.2, 0.25) is 0 Å². The Hall–Kier alpha value is -2.80. The summed E-state index contributed by atoms with van der Waals surface area (Å²) in [5.41, 5.74) is 10.1. The van der Waals surface area contributed by atoms with Crippen molar-refractivity contribution in [1.82, 2.24) is 0 Å². The molecule has 0 saturated carbocycles. The first kappa shape index (κ1) is 20.2. The summed E-state index contributed by atoms with van der Waals surface area (Å²) in [5.74, 6) is -2.17. The van der Waals surface area contributed by atoms with Gasteiger partial charge < -0.3 is 20.9 Å². The molecule has 126 valence electrons. The molecule has 0 radical (unpaired) electrons. The van der Waals surface area contributed by atoms with Gasteiger partial charge in [-0.1, -0.05) is 30.3 Å². The number of nitrogens with two attached hydrogens (primary N) is 2. The lowest BCUT2D eigenvalue weighted by Crippen LogP contribution is -2.27. The highest BCUT2D eigenvalue weighted by molar-refractivity contribution is 5.75. The highest BCUT2D eigenvalue weighted by Gasteiger charge is 2.40. The first-order valence-corrected chi connectivity index (χ1v) is 6.02. The number of halogens is 3. The molecule has 1 aromatic rings. The summed E-state index contributed by atoms with van der Waals surface area (Å²) < 4.78 is 43.2. The topological polar surface area (TPSA) is 128 Å². The standard InChI is InChI=1S/C9H7F3O2.C4H7N3O2/c10-9(11,12)8(13)14-6-7-4-2-1-3-5-7;5-1-3(6)2-9-4(7)8/h1-5H,6H2;3H,2,6H2,(H2,7,8). The number of carbonyl (C=O) groups is 2. The van der Waals surface area contributed by atoms with Crippen LogP contribution < -0.4 is 11.5 Å². The van der Waals surface area contributed by atoms with Gasteiger partial charge in [-0.25, -0.2) is 9.59 Å². The minimum absolute atomic E-state index is 0.147. The van der Waals surface area contributed by atoms with Gasteiger partial charge in [-0.2, -0.15) is 18.4 Å². The number of amides is 1. The van der Waals surface area contributed by atoms with Crippen molar-refractivity contribution in [3.63, 3.8) is 0 Å². The molecule has 0 aliphatic carbocycles. The first-order valence-electron chi connectivity index (χ1n) is 6.02. The second-order valence-corrected chi connectivity index (χ2v) is 3.93. The van der Waals surface area contributed by atoms with Crippen molar-refractivity contribution >= 4 is 12.1 Å². The van der Waals surface area contributed by atoms with Gasteiger partial charge in [0.1, 0.15) is 19.3 Å². The summed E-state index contributed by atoms with van der Waals surface area (Å²) in [6.45, 7) is -0.509. The van der Waals surface area contributed by atoms with Crippen LogP contribution in [0.4, 0.5) is 18.0 Å². The van der Waals surface area contributed by atoms with Crippen LogP contribution in [0.1, 0.15) is 5.56 Å². The van der Waals surface area contributed by atoms with Crippen LogP contribution in [0.15, 0.2) is 30.3 Å². The maximum atomic E-state index is 11.7. The van der Waals surface area contributed by atoms with E-state index in [1.807, 2.05) is 0 Å². The number of nitrogens with zero attached hydrogens (tertiary/aromatic N) is 1. The van der Waals surface area contributed by atoms with Gasteiger partial charge in [0.05, 0.1) is 6.07 Å². The van der Waals surface area contributed by atoms with Gasteiger partial charge in [0, 0.05) is 0 Å². The average Bonchev–Trinajstić information content (AvgIpc) is 2.50. The van der Waals surface area contributed by atoms with Gasteiger partial charge in [-0.05, 0) is 5.56 Å². The Morgan fingerprint density at radius 3 is 2.22 bits per heavy atom. The second-order valence-electron chi connectivity index (χ2n) is 3.93. The van der Waals surface area contributed by atoms with Crippen molar-refractivity contribution in [2.75, 3.05) is 6.61 Å². The molecule has 1 rings (SSSR count). The van der Waals surface area contributed by atoms with Crippen molar-refractivity contribution in [2.24, 2.45) is 11.5 Å². The number of hydrogen-bond donors (Lipinski definition) is 2. The minimum atomic E-state index is -4.92. The molecule has 10 heteroatoms. The van der Waals surface area contributed by atoms with E-state index in [2.05, 4.69) is 15.2 Å². The first-order chi connectivity index (χ1) is 10.7. The van der Waals surface area contributed by atoms with Crippen LogP contribution in [-0.2, 0) is 20.9 Å². The lowest BCUT2D eigenvalue weighted by Gasteiger charge is -2.06. The molecule has 0 aromatic heterocycles. The number of esters is 1. The van der Waals surface area contributed by atoms with Crippen LogP contribution in [0, 0.1) is 11.3 Å². The van der Waals surface area contributed by atoms with E-state index < -0.39 is 24.3 Å². The molecular weight excluding hydrogens is 319 g/mol. The highest BCUT2D eigenvalue weighted by atomic mass is 19.4. The van der Waals surface area contributed by atoms with Crippen molar-refractivity contribution in [3.05, 3.63) is 35.9 Å². The summed E-state index contributed by atoms with van der Waals surface area (Å²) in [6, 6.07) is 9.05. The molecule has 0 aliphatic heterocycles. The molecular formula is C13H14F3N3O4. The van der Waals surface area contributed by atoms with Crippen LogP contribution in [0.25, 0.3) is 0 Å². The Kier molecular flexibility index (Phi) is 8.80. The largest absolute Gasteiger partial charge is 0.490 e. The SMILES string of the molecule is N#CC(N)COC(N)=O.O=C(OCc1ccccc1)C(F)(F)F. The Morgan fingerprint density at radius 1 is 1.22 bits per heavy atom. The number of rotatable bonds is 4. The fraction of sp³-hybridized carbons (Fsp3) is 0.308. The van der Waals surface area contributed by atoms with E-state index in [0.29, 0.717) is 5.56 Å². The molecule has 1 unspecified atom stereocenters. The molecule has 7 nitrogen and oxygen atoms in total. The van der Waals surface area contributed by atoms with E-state index in [-0.39, 0.29) is 13.2 Å². The summed E-state index contributed by atoms with van der Waals surface area (Å²) in [5, 5.41) is 8.04. The average molecular weight is 333 g/mol. The zero-order valence-corrected chi connectivity index (χ0v) is 11.7. The van der Waals surface area contributed by atoms with E-state index in [4.69, 9.17) is 11.0 Å². The maximum Gasteiger partial charge on any atom is 0.490 e. The number of nitriles is 1. The molecule has 0 spiro atoms. The molecule has 1 aromatic carbocycles. The van der Waals surface area contributed by atoms with Gasteiger partial charge in [-0.15, -0.1) is 0 Å². The van der Waals surface area contributed by atoms with Crippen LogP contribution in [0.2, 0.25) is 0 Å². The molecule has 1 atom stereocenters. The van der Waals surface area contributed by atoms with Crippen molar-refractivity contribution < 1.29 is 32.2 Å². The molecule has 4 N–H and O–H groups in total. The summed E-state index contributed by atoms with van der Waals surface area (Å²) >= 11 is 0. The summed E-state index contributed by atoms with van der Waals surface area (Å²) in [7, 11) is 0. The van der Waals surface area contributed by atoms with E-state index in [1.165, 1.54) is 0 Å². The Labute approximate surface area is 129 Å². The van der Waals surface area contributed by atoms with Gasteiger partial charge in [-0.3, -0.25) is 0 Å². The Morgan fingerprint density at radius 2 is 1.78 bits per heavy atom. The minimum Gasteiger partial charge on any atom is -0.454 e. The zero-order chi connectivity index (χ0) is 17.9. The number of alkyl halides is 3. The quantitative estimate of drug-likeness (QED) is 0.797. The van der Waals surface area contributed by atoms with Crippen LogP contribution >= 0.6 is 0 Å². The summed E-state index contributed by atoms with van der Waals surface area (Å²) in [6.07, 6.45) is -5.84. The molecule has 0 aliphatic rings. The molecule has 0 heterocycles. The van der Waals surface area contributed by atoms with Crippen LogP contribution in [0.5, 0.6) is 0 Å². The van der Waals surface area contributed by atoms with Crippen LogP contribution in [-0.4, -0.2) is 30.9 Å². The lowest BCUT2D eigenvalue weighted by molar-refractivity contribution is -0.201. The Bertz CT molecular complexity index is 544. The fourth-order valence-corrected chi connectivity index (χ4v) is 1.01. The third-order valence-electron chi connectivity index (χ3n) is 2.02. The summed E-state index contributed by atoms with van der Waals surface area (Å²) in [4.78, 5) is 20.1. The maximum absolute atomic E-state index is 11.7. The van der Waals surface area contributed by atoms with E-state index >= 15 is 0 Å². The van der Waals surface area contributed by atoms with E-state index in [0.717, 1.165) is 0 Å². The number of benzene rings is 1. The van der Waals surface area contributed by atoms with E-state index in [1.54, 1.807) is 36.4 Å². The van der Waals surface area contributed by atoms with Crippen LogP contribution in [0.3, 0.4) is 0 Å². The normalized spacial score (nSPS) is 11.3. The predicted molar refractivity (Wildman–Crippen MR) is 71.4 cm³/mol. The van der Waals surface area contributed by atoms with Gasteiger partial charge in [0.25, 0.3) is 0 Å². The third-order valence-corrected chi connectivity index (χ3v) is 2.02. The van der Waals surface area contributed by atoms with E-state index in [9.17, 15) is 22.8 Å². The zero-order valence-electron chi connectivity index (χ0n) is 11.7. The smallest absolute Gasteiger partial charge is 0.454 e. The number of hydrogen-bond acceptors (Lipinski definition) is 6. The third kappa shape index (κ3) is 10.6. The Balaban J connectivity index is 0.000000468. The van der Waals surface area contributed by atoms with Crippen molar-refractivity contribution in [3.8, 4) is 6.07 Å². The number of carbonyl (C=O) groups excluding carboxylic acids is 2. The molecule has 0 fully saturated rings. The predicted octanol–water partition coefficient (Wildman–Crippen LogP) is 1.22. The number of ether oxygens (including phenoxy) is 2. The fourth-order valence-electron chi connectivity index (χ4n) is 1.01. The molecule has 0 bridgehead atoms. The lowest BCUT2D eigenvalue weighted by atomic mass is 10.2. The van der Waals surface area contributed by atoms with Crippen molar-refractivity contribution in [2.45, 2.75) is 18.8 Å². The molecule has 1 amide bonds. The highest BCUT2D eigenvalue weighted by Crippen LogP contribution is 2.17. The number of primary amides is 1. The molecule has 0 saturated heterocycles. The molecule has 23 heavy (non-hydrogen) atoms. The second kappa shape index (κ2) is 10.0. The monoisotopic (exact) mass is 333 g/mol. The van der Waals surface area contributed by atoms with Crippen molar-refractivity contribution in [1.29, 1.82) is 5.26 Å².